The zero-order chi connectivity index (χ0) is 16.8. The number of nitrogens with zero attached hydrogens (tertiary/aromatic N) is 4. The second-order valence-electron chi connectivity index (χ2n) is 6.00. The van der Waals surface area contributed by atoms with Gasteiger partial charge < -0.3 is 15.4 Å². The highest BCUT2D eigenvalue weighted by Crippen LogP contribution is 2.41. The van der Waals surface area contributed by atoms with E-state index < -0.39 is 0 Å². The van der Waals surface area contributed by atoms with Crippen LogP contribution in [0.2, 0.25) is 0 Å². The molecule has 0 unspecified atom stereocenters. The van der Waals surface area contributed by atoms with Crippen molar-refractivity contribution in [3.05, 3.63) is 30.3 Å². The molecule has 1 aliphatic rings. The molecule has 8 heteroatoms. The van der Waals surface area contributed by atoms with Crippen LogP contribution in [0.3, 0.4) is 0 Å². The summed E-state index contributed by atoms with van der Waals surface area (Å²) in [5.41, 5.74) is 0.544. The molecule has 2 N–H and O–H groups in total. The number of methoxy groups -OCH3 is 1. The van der Waals surface area contributed by atoms with Gasteiger partial charge in [0.1, 0.15) is 0 Å². The minimum absolute atomic E-state index is 0.0695. The molecule has 0 spiro atoms. The Morgan fingerprint density at radius 1 is 1.29 bits per heavy atom. The molecule has 1 aromatic carbocycles. The van der Waals surface area contributed by atoms with Crippen LogP contribution in [0.1, 0.15) is 19.3 Å². The Balaban J connectivity index is 1.49. The van der Waals surface area contributed by atoms with E-state index >= 15 is 0 Å². The number of ether oxygens (including phenoxy) is 1. The van der Waals surface area contributed by atoms with Crippen LogP contribution >= 0.6 is 0 Å². The zero-order valence-corrected chi connectivity index (χ0v) is 13.7. The van der Waals surface area contributed by atoms with Crippen molar-refractivity contribution < 1.29 is 9.53 Å². The van der Waals surface area contributed by atoms with Crippen molar-refractivity contribution in [3.8, 4) is 5.69 Å². The molecule has 1 fully saturated rings. The van der Waals surface area contributed by atoms with Crippen LogP contribution in [-0.2, 0) is 9.53 Å². The fourth-order valence-electron chi connectivity index (χ4n) is 2.90. The Morgan fingerprint density at radius 2 is 2.08 bits per heavy atom. The lowest BCUT2D eigenvalue weighted by molar-refractivity contribution is -0.140. The van der Waals surface area contributed by atoms with Crippen molar-refractivity contribution in [2.24, 2.45) is 5.41 Å². The molecule has 0 bridgehead atoms. The quantitative estimate of drug-likeness (QED) is 0.702. The molecule has 1 amide bonds. The number of hydrogen-bond donors (Lipinski definition) is 2. The maximum absolute atomic E-state index is 12.3. The maximum atomic E-state index is 12.3. The van der Waals surface area contributed by atoms with Gasteiger partial charge >= 0.3 is 0 Å². The molecule has 0 radical (unpaired) electrons. The molecule has 1 aromatic heterocycles. The molecule has 2 aromatic rings. The molecule has 0 saturated heterocycles. The summed E-state index contributed by atoms with van der Waals surface area (Å²) in [6.07, 6.45) is 2.87. The van der Waals surface area contributed by atoms with Crippen LogP contribution in [0.5, 0.6) is 0 Å². The molecule has 8 nitrogen and oxygen atoms in total. The maximum Gasteiger partial charge on any atom is 0.247 e. The van der Waals surface area contributed by atoms with Crippen molar-refractivity contribution in [2.45, 2.75) is 19.3 Å². The molecule has 0 atom stereocenters. The van der Waals surface area contributed by atoms with Gasteiger partial charge in [0.15, 0.2) is 0 Å². The summed E-state index contributed by atoms with van der Waals surface area (Å²) < 4.78 is 6.82. The lowest BCUT2D eigenvalue weighted by Crippen LogP contribution is -2.49. The summed E-state index contributed by atoms with van der Waals surface area (Å²) in [5.74, 6) is 0.616. The van der Waals surface area contributed by atoms with Gasteiger partial charge in [-0.15, -0.1) is 0 Å². The Morgan fingerprint density at radius 3 is 2.75 bits per heavy atom. The normalized spacial score (nSPS) is 15.5. The summed E-state index contributed by atoms with van der Waals surface area (Å²) in [4.78, 5) is 12.3. The number of para-hydroxylation sites is 1. The standard InChI is InChI=1S/C16H22N6O2/c1-24-12-16(8-5-9-16)14(23)17-10-11-18-15-19-20-21-22(15)13-6-3-2-4-7-13/h2-4,6-7H,5,8-12H2,1H3,(H,17,23)(H,18,19,21). The van der Waals surface area contributed by atoms with E-state index in [-0.39, 0.29) is 11.3 Å². The van der Waals surface area contributed by atoms with Gasteiger partial charge in [0.25, 0.3) is 0 Å². The molecule has 24 heavy (non-hydrogen) atoms. The monoisotopic (exact) mass is 330 g/mol. The topological polar surface area (TPSA) is 94.0 Å². The van der Waals surface area contributed by atoms with E-state index in [0.29, 0.717) is 25.6 Å². The van der Waals surface area contributed by atoms with Gasteiger partial charge in [0.2, 0.25) is 11.9 Å². The van der Waals surface area contributed by atoms with E-state index in [2.05, 4.69) is 26.2 Å². The van der Waals surface area contributed by atoms with Gasteiger partial charge in [-0.05, 0) is 35.4 Å². The van der Waals surface area contributed by atoms with Gasteiger partial charge in [-0.25, -0.2) is 0 Å². The van der Waals surface area contributed by atoms with Crippen LogP contribution in [0.4, 0.5) is 5.95 Å². The van der Waals surface area contributed by atoms with Crippen LogP contribution in [-0.4, -0.2) is 52.9 Å². The van der Waals surface area contributed by atoms with Crippen molar-refractivity contribution in [2.75, 3.05) is 32.1 Å². The average Bonchev–Trinajstić information content (AvgIpc) is 3.04. The first kappa shape index (κ1) is 16.4. The lowest BCUT2D eigenvalue weighted by atomic mass is 9.68. The van der Waals surface area contributed by atoms with E-state index in [1.165, 1.54) is 0 Å². The third kappa shape index (κ3) is 3.38. The first-order chi connectivity index (χ1) is 11.7. The average molecular weight is 330 g/mol. The SMILES string of the molecule is COCC1(C(=O)NCCNc2nnnn2-c2ccccc2)CCC1. The molecule has 128 valence electrons. The van der Waals surface area contributed by atoms with Gasteiger partial charge in [-0.2, -0.15) is 4.68 Å². The van der Waals surface area contributed by atoms with Crippen LogP contribution in [0.15, 0.2) is 30.3 Å². The summed E-state index contributed by atoms with van der Waals surface area (Å²) in [7, 11) is 1.64. The Hall–Kier alpha value is -2.48. The minimum Gasteiger partial charge on any atom is -0.384 e. The number of carbonyl (C=O) groups excluding carboxylic acids is 1. The number of nitrogens with one attached hydrogen (secondary N) is 2. The molecule has 3 rings (SSSR count). The Bertz CT molecular complexity index is 668. The number of rotatable bonds is 8. The Kier molecular flexibility index (Phi) is 5.05. The largest absolute Gasteiger partial charge is 0.384 e. The van der Waals surface area contributed by atoms with Crippen LogP contribution in [0, 0.1) is 5.41 Å². The predicted octanol–water partition coefficient (Wildman–Crippen LogP) is 1.01. The number of benzene rings is 1. The highest BCUT2D eigenvalue weighted by molar-refractivity contribution is 5.83. The number of hydrogen-bond acceptors (Lipinski definition) is 6. The summed E-state index contributed by atoms with van der Waals surface area (Å²) in [6.45, 7) is 1.53. The van der Waals surface area contributed by atoms with E-state index in [0.717, 1.165) is 24.9 Å². The first-order valence-electron chi connectivity index (χ1n) is 8.10. The number of amides is 1. The fraction of sp³-hybridized carbons (Fsp3) is 0.500. The van der Waals surface area contributed by atoms with E-state index in [9.17, 15) is 4.79 Å². The van der Waals surface area contributed by atoms with Crippen molar-refractivity contribution in [1.29, 1.82) is 0 Å². The predicted molar refractivity (Wildman–Crippen MR) is 88.8 cm³/mol. The third-order valence-electron chi connectivity index (χ3n) is 4.38. The summed E-state index contributed by atoms with van der Waals surface area (Å²) in [5, 5.41) is 17.8. The molecule has 1 aliphatic carbocycles. The highest BCUT2D eigenvalue weighted by Gasteiger charge is 2.43. The molecule has 1 saturated carbocycles. The number of tetrazole rings is 1. The lowest BCUT2D eigenvalue weighted by Gasteiger charge is -2.39. The molecular formula is C16H22N6O2. The van der Waals surface area contributed by atoms with E-state index in [1.54, 1.807) is 11.8 Å². The Labute approximate surface area is 140 Å². The summed E-state index contributed by atoms with van der Waals surface area (Å²) >= 11 is 0. The fourth-order valence-corrected chi connectivity index (χ4v) is 2.90. The minimum atomic E-state index is -0.333. The van der Waals surface area contributed by atoms with Gasteiger partial charge in [-0.1, -0.05) is 29.7 Å². The number of aromatic nitrogens is 4. The van der Waals surface area contributed by atoms with Crippen molar-refractivity contribution in [1.82, 2.24) is 25.5 Å². The second kappa shape index (κ2) is 7.39. The van der Waals surface area contributed by atoms with Gasteiger partial charge in [0, 0.05) is 20.2 Å². The van der Waals surface area contributed by atoms with Gasteiger partial charge in [-0.3, -0.25) is 4.79 Å². The number of carbonyl (C=O) groups is 1. The van der Waals surface area contributed by atoms with Gasteiger partial charge in [0.05, 0.1) is 17.7 Å². The smallest absolute Gasteiger partial charge is 0.247 e. The van der Waals surface area contributed by atoms with E-state index in [4.69, 9.17) is 4.74 Å². The first-order valence-corrected chi connectivity index (χ1v) is 8.10. The molecule has 1 heterocycles. The summed E-state index contributed by atoms with van der Waals surface area (Å²) in [6, 6.07) is 9.64. The zero-order valence-electron chi connectivity index (χ0n) is 13.7. The number of anilines is 1. The second-order valence-corrected chi connectivity index (χ2v) is 6.00. The van der Waals surface area contributed by atoms with Crippen LogP contribution in [0.25, 0.3) is 5.69 Å². The van der Waals surface area contributed by atoms with Crippen LogP contribution < -0.4 is 10.6 Å². The van der Waals surface area contributed by atoms with Crippen molar-refractivity contribution in [3.63, 3.8) is 0 Å². The third-order valence-corrected chi connectivity index (χ3v) is 4.38. The molecular weight excluding hydrogens is 308 g/mol. The van der Waals surface area contributed by atoms with E-state index in [1.807, 2.05) is 30.3 Å². The molecule has 0 aliphatic heterocycles. The van der Waals surface area contributed by atoms with Crippen molar-refractivity contribution >= 4 is 11.9 Å². The highest BCUT2D eigenvalue weighted by atomic mass is 16.5.